The zero-order chi connectivity index (χ0) is 21.1. The molecule has 1 atom stereocenters. The Hall–Kier alpha value is -2.94. The molecule has 0 bridgehead atoms. The lowest BCUT2D eigenvalue weighted by Crippen LogP contribution is -2.36. The third-order valence-corrected chi connectivity index (χ3v) is 5.34. The van der Waals surface area contributed by atoms with Gasteiger partial charge in [0.1, 0.15) is 5.82 Å². The fourth-order valence-electron chi connectivity index (χ4n) is 3.94. The molecule has 0 amide bonds. The number of ether oxygens (including phenoxy) is 2. The van der Waals surface area contributed by atoms with Crippen LogP contribution in [-0.4, -0.2) is 30.9 Å². The summed E-state index contributed by atoms with van der Waals surface area (Å²) in [7, 11) is 1.82. The number of hydrogen-bond donors (Lipinski definition) is 1. The van der Waals surface area contributed by atoms with E-state index in [-0.39, 0.29) is 5.78 Å². The average Bonchev–Trinajstić information content (AvgIpc) is 2.70. The molecule has 0 spiro atoms. The molecule has 0 saturated heterocycles. The second-order valence-corrected chi connectivity index (χ2v) is 7.88. The number of ketones is 1. The van der Waals surface area contributed by atoms with Gasteiger partial charge in [0.2, 0.25) is 0 Å². The molecule has 0 unspecified atom stereocenters. The van der Waals surface area contributed by atoms with Crippen molar-refractivity contribution in [2.45, 2.75) is 46.0 Å². The highest BCUT2D eigenvalue weighted by Gasteiger charge is 2.38. The number of hydrogen-bond acceptors (Lipinski definition) is 6. The van der Waals surface area contributed by atoms with Crippen LogP contribution in [0.3, 0.4) is 0 Å². The van der Waals surface area contributed by atoms with Crippen LogP contribution in [0.15, 0.2) is 40.9 Å². The Balaban J connectivity index is 2.11. The molecule has 6 heteroatoms. The first-order chi connectivity index (χ1) is 13.9. The Kier molecular flexibility index (Phi) is 6.17. The summed E-state index contributed by atoms with van der Waals surface area (Å²) in [6.07, 6.45) is 2.08. The Bertz CT molecular complexity index is 908. The van der Waals surface area contributed by atoms with Gasteiger partial charge in [0, 0.05) is 24.7 Å². The van der Waals surface area contributed by atoms with Gasteiger partial charge in [-0.25, -0.2) is 0 Å². The van der Waals surface area contributed by atoms with Crippen LogP contribution in [0.5, 0.6) is 11.5 Å². The summed E-state index contributed by atoms with van der Waals surface area (Å²) in [4.78, 5) is 14.7. The first-order valence-electron chi connectivity index (χ1n) is 10.2. The predicted octanol–water partition coefficient (Wildman–Crippen LogP) is 3.85. The van der Waals surface area contributed by atoms with Crippen LogP contribution < -0.4 is 15.2 Å². The van der Waals surface area contributed by atoms with Crippen molar-refractivity contribution < 1.29 is 14.3 Å². The number of carbonyl (C=O) groups is 1. The Morgan fingerprint density at radius 1 is 1.28 bits per heavy atom. The lowest BCUT2D eigenvalue weighted by atomic mass is 9.76. The van der Waals surface area contributed by atoms with Gasteiger partial charge < -0.3 is 20.1 Å². The fraction of sp³-hybridized carbons (Fsp3) is 0.478. The molecule has 2 N–H and O–H groups in total. The van der Waals surface area contributed by atoms with E-state index in [0.717, 1.165) is 24.1 Å². The van der Waals surface area contributed by atoms with Crippen LogP contribution in [0.4, 0.5) is 0 Å². The van der Waals surface area contributed by atoms with Crippen molar-refractivity contribution in [1.29, 1.82) is 5.26 Å². The van der Waals surface area contributed by atoms with Crippen LogP contribution in [-0.2, 0) is 4.79 Å². The summed E-state index contributed by atoms with van der Waals surface area (Å²) < 4.78 is 11.7. The summed E-state index contributed by atoms with van der Waals surface area (Å²) >= 11 is 0. The van der Waals surface area contributed by atoms with E-state index in [9.17, 15) is 10.1 Å². The highest BCUT2D eigenvalue weighted by molar-refractivity contribution is 5.99. The number of nitrogens with zero attached hydrogens (tertiary/aromatic N) is 2. The molecule has 1 aliphatic heterocycles. The van der Waals surface area contributed by atoms with Gasteiger partial charge in [-0.05, 0) is 43.4 Å². The maximum absolute atomic E-state index is 12.9. The quantitative estimate of drug-likeness (QED) is 0.787. The van der Waals surface area contributed by atoms with Crippen molar-refractivity contribution in [3.63, 3.8) is 0 Å². The van der Waals surface area contributed by atoms with E-state index >= 15 is 0 Å². The van der Waals surface area contributed by atoms with Crippen molar-refractivity contribution in [2.24, 2.45) is 11.7 Å². The van der Waals surface area contributed by atoms with Crippen LogP contribution in [0.1, 0.15) is 51.5 Å². The predicted molar refractivity (Wildman–Crippen MR) is 111 cm³/mol. The second kappa shape index (κ2) is 8.60. The van der Waals surface area contributed by atoms with Crippen LogP contribution >= 0.6 is 0 Å². The molecular formula is C23H29N3O3. The molecule has 2 aliphatic rings. The molecule has 1 aromatic rings. The largest absolute Gasteiger partial charge is 0.490 e. The molecule has 3 rings (SSSR count). The maximum Gasteiger partial charge on any atom is 0.161 e. The van der Waals surface area contributed by atoms with Gasteiger partial charge in [-0.2, -0.15) is 5.26 Å². The molecule has 0 saturated carbocycles. The van der Waals surface area contributed by atoms with Crippen molar-refractivity contribution in [1.82, 2.24) is 4.90 Å². The van der Waals surface area contributed by atoms with E-state index in [1.807, 2.05) is 32.2 Å². The van der Waals surface area contributed by atoms with Gasteiger partial charge in [0.15, 0.2) is 17.3 Å². The SMILES string of the molecule is CCOc1cc([C@@H]2C(C#N)=C(N)N(C)C3=C2C(=O)CCC3)ccc1OCC(C)C. The number of nitrogens with two attached hydrogens (primary N) is 1. The first-order valence-corrected chi connectivity index (χ1v) is 10.2. The number of carbonyl (C=O) groups excluding carboxylic acids is 1. The Labute approximate surface area is 172 Å². The lowest BCUT2D eigenvalue weighted by Gasteiger charge is -2.37. The monoisotopic (exact) mass is 395 g/mol. The highest BCUT2D eigenvalue weighted by atomic mass is 16.5. The van der Waals surface area contributed by atoms with Crippen LogP contribution in [0.2, 0.25) is 0 Å². The zero-order valence-corrected chi connectivity index (χ0v) is 17.6. The average molecular weight is 396 g/mol. The third-order valence-electron chi connectivity index (χ3n) is 5.34. The molecule has 0 fully saturated rings. The van der Waals surface area contributed by atoms with Crippen molar-refractivity contribution >= 4 is 5.78 Å². The number of allylic oxidation sites excluding steroid dienone is 3. The molecule has 154 valence electrons. The second-order valence-electron chi connectivity index (χ2n) is 7.88. The smallest absolute Gasteiger partial charge is 0.161 e. The number of nitriles is 1. The minimum absolute atomic E-state index is 0.0847. The number of Topliss-reactive ketones (excluding diaryl/α,β-unsaturated/α-hetero) is 1. The van der Waals surface area contributed by atoms with Crippen molar-refractivity contribution in [3.05, 3.63) is 46.4 Å². The fourth-order valence-corrected chi connectivity index (χ4v) is 3.94. The minimum Gasteiger partial charge on any atom is -0.490 e. The number of rotatable bonds is 6. The summed E-state index contributed by atoms with van der Waals surface area (Å²) in [5.41, 5.74) is 9.13. The van der Waals surface area contributed by atoms with Crippen LogP contribution in [0.25, 0.3) is 0 Å². The summed E-state index contributed by atoms with van der Waals surface area (Å²) in [6, 6.07) is 7.90. The van der Waals surface area contributed by atoms with E-state index in [2.05, 4.69) is 19.9 Å². The molecule has 29 heavy (non-hydrogen) atoms. The normalized spacial score (nSPS) is 19.4. The number of benzene rings is 1. The van der Waals surface area contributed by atoms with Crippen LogP contribution in [0, 0.1) is 17.2 Å². The topological polar surface area (TPSA) is 88.6 Å². The van der Waals surface area contributed by atoms with Gasteiger partial charge in [-0.1, -0.05) is 19.9 Å². The van der Waals surface area contributed by atoms with E-state index in [0.29, 0.717) is 54.0 Å². The van der Waals surface area contributed by atoms with Gasteiger partial charge >= 0.3 is 0 Å². The van der Waals surface area contributed by atoms with E-state index in [1.165, 1.54) is 0 Å². The van der Waals surface area contributed by atoms with Gasteiger partial charge in [0.25, 0.3) is 0 Å². The van der Waals surface area contributed by atoms with E-state index in [4.69, 9.17) is 15.2 Å². The molecule has 1 aromatic carbocycles. The standard InChI is InChI=1S/C23H29N3O3/c1-5-28-20-11-15(9-10-19(20)29-13-14(2)3)21-16(12-24)23(25)26(4)17-7-6-8-18(27)22(17)21/h9-11,14,21H,5-8,13,25H2,1-4H3/t21-/m1/s1. The summed E-state index contributed by atoms with van der Waals surface area (Å²) in [5.74, 6) is 1.68. The summed E-state index contributed by atoms with van der Waals surface area (Å²) in [5, 5.41) is 9.86. The molecule has 1 aliphatic carbocycles. The Morgan fingerprint density at radius 3 is 2.69 bits per heavy atom. The van der Waals surface area contributed by atoms with Gasteiger partial charge in [-0.15, -0.1) is 0 Å². The molecule has 1 heterocycles. The summed E-state index contributed by atoms with van der Waals surface area (Å²) in [6.45, 7) is 7.16. The zero-order valence-electron chi connectivity index (χ0n) is 17.6. The molecule has 6 nitrogen and oxygen atoms in total. The molecular weight excluding hydrogens is 366 g/mol. The molecule has 0 radical (unpaired) electrons. The van der Waals surface area contributed by atoms with Crippen molar-refractivity contribution in [3.8, 4) is 17.6 Å². The first kappa shape index (κ1) is 20.8. The van der Waals surface area contributed by atoms with E-state index in [1.54, 1.807) is 4.90 Å². The third kappa shape index (κ3) is 3.95. The van der Waals surface area contributed by atoms with Gasteiger partial charge in [0.05, 0.1) is 30.8 Å². The Morgan fingerprint density at radius 2 is 2.03 bits per heavy atom. The highest BCUT2D eigenvalue weighted by Crippen LogP contribution is 2.45. The lowest BCUT2D eigenvalue weighted by molar-refractivity contribution is -0.116. The van der Waals surface area contributed by atoms with Crippen molar-refractivity contribution in [2.75, 3.05) is 20.3 Å². The van der Waals surface area contributed by atoms with E-state index < -0.39 is 5.92 Å². The van der Waals surface area contributed by atoms with Gasteiger partial charge in [-0.3, -0.25) is 4.79 Å². The molecule has 0 aromatic heterocycles. The minimum atomic E-state index is -0.475. The maximum atomic E-state index is 12.9.